The van der Waals surface area contributed by atoms with Crippen LogP contribution >= 0.6 is 23.2 Å². The van der Waals surface area contributed by atoms with Crippen molar-refractivity contribution in [2.45, 2.75) is 38.8 Å². The molecular formula is C28H30Cl2N2O3. The molecule has 0 fully saturated rings. The minimum absolute atomic E-state index is 0.0479. The molecule has 3 aromatic rings. The van der Waals surface area contributed by atoms with Crippen molar-refractivity contribution in [3.8, 4) is 5.75 Å². The highest BCUT2D eigenvalue weighted by Crippen LogP contribution is 2.24. The number of rotatable bonds is 11. The third-order valence-corrected chi connectivity index (χ3v) is 6.25. The van der Waals surface area contributed by atoms with Gasteiger partial charge in [0.05, 0.1) is 13.5 Å². The molecule has 1 N–H and O–H groups in total. The number of amides is 2. The first-order valence-electron chi connectivity index (χ1n) is 11.6. The predicted molar refractivity (Wildman–Crippen MR) is 141 cm³/mol. The lowest BCUT2D eigenvalue weighted by Crippen LogP contribution is -2.51. The maximum absolute atomic E-state index is 13.7. The van der Waals surface area contributed by atoms with Crippen molar-refractivity contribution in [2.75, 3.05) is 13.7 Å². The van der Waals surface area contributed by atoms with E-state index in [0.717, 1.165) is 17.5 Å². The van der Waals surface area contributed by atoms with E-state index in [0.29, 0.717) is 34.3 Å². The Labute approximate surface area is 217 Å². The maximum atomic E-state index is 13.7. The smallest absolute Gasteiger partial charge is 0.243 e. The number of halogens is 2. The van der Waals surface area contributed by atoms with Crippen LogP contribution in [0, 0.1) is 0 Å². The minimum atomic E-state index is -0.700. The Bertz CT molecular complexity index is 1140. The largest absolute Gasteiger partial charge is 0.497 e. The van der Waals surface area contributed by atoms with Gasteiger partial charge in [-0.2, -0.15) is 0 Å². The number of methoxy groups -OCH3 is 1. The SMILES string of the molecule is CCCNC(=O)[C@@H](Cc1ccccc1)N(Cc1cccc(OC)c1)C(=O)Cc1ccc(Cl)cc1Cl. The monoisotopic (exact) mass is 512 g/mol. The summed E-state index contributed by atoms with van der Waals surface area (Å²) >= 11 is 12.4. The average Bonchev–Trinajstić information content (AvgIpc) is 2.87. The molecule has 1 atom stereocenters. The van der Waals surface area contributed by atoms with Gasteiger partial charge in [0, 0.05) is 29.6 Å². The number of hydrogen-bond acceptors (Lipinski definition) is 3. The van der Waals surface area contributed by atoms with Crippen molar-refractivity contribution >= 4 is 35.0 Å². The standard InChI is InChI=1S/C28H30Cl2N2O3/c1-3-14-31-28(34)26(16-20-8-5-4-6-9-20)32(19-21-10-7-11-24(15-21)35-2)27(33)17-22-12-13-23(29)18-25(22)30/h4-13,15,18,26H,3,14,16-17,19H2,1-2H3,(H,31,34)/t26-/m1/s1. The predicted octanol–water partition coefficient (Wildman–Crippen LogP) is 5.71. The molecule has 0 aliphatic heterocycles. The number of nitrogens with zero attached hydrogens (tertiary/aromatic N) is 1. The first kappa shape index (κ1) is 26.6. The van der Waals surface area contributed by atoms with E-state index < -0.39 is 6.04 Å². The summed E-state index contributed by atoms with van der Waals surface area (Å²) in [6.07, 6.45) is 1.24. The summed E-state index contributed by atoms with van der Waals surface area (Å²) < 4.78 is 5.36. The van der Waals surface area contributed by atoms with Crippen LogP contribution in [-0.4, -0.2) is 36.4 Å². The summed E-state index contributed by atoms with van der Waals surface area (Å²) in [4.78, 5) is 28.7. The Hall–Kier alpha value is -3.02. The third-order valence-electron chi connectivity index (χ3n) is 5.66. The van der Waals surface area contributed by atoms with E-state index in [1.165, 1.54) is 0 Å². The molecule has 0 saturated heterocycles. The number of benzene rings is 3. The lowest BCUT2D eigenvalue weighted by atomic mass is 10.0. The van der Waals surface area contributed by atoms with Crippen LogP contribution in [0.15, 0.2) is 72.8 Å². The van der Waals surface area contributed by atoms with E-state index in [-0.39, 0.29) is 24.8 Å². The van der Waals surface area contributed by atoms with Gasteiger partial charge in [0.1, 0.15) is 11.8 Å². The molecular weight excluding hydrogens is 483 g/mol. The van der Waals surface area contributed by atoms with Crippen LogP contribution in [0.1, 0.15) is 30.0 Å². The summed E-state index contributed by atoms with van der Waals surface area (Å²) in [5.41, 5.74) is 2.49. The molecule has 0 radical (unpaired) electrons. The molecule has 5 nitrogen and oxygen atoms in total. The second kappa shape index (κ2) is 13.2. The zero-order valence-electron chi connectivity index (χ0n) is 20.0. The van der Waals surface area contributed by atoms with E-state index in [2.05, 4.69) is 5.32 Å². The fourth-order valence-electron chi connectivity index (χ4n) is 3.82. The third kappa shape index (κ3) is 7.74. The van der Waals surface area contributed by atoms with Crippen LogP contribution in [0.5, 0.6) is 5.75 Å². The fourth-order valence-corrected chi connectivity index (χ4v) is 4.29. The Morgan fingerprint density at radius 1 is 0.971 bits per heavy atom. The Kier molecular flexibility index (Phi) is 10.0. The molecule has 0 spiro atoms. The highest BCUT2D eigenvalue weighted by Gasteiger charge is 2.30. The Morgan fingerprint density at radius 3 is 2.40 bits per heavy atom. The van der Waals surface area contributed by atoms with E-state index in [4.69, 9.17) is 27.9 Å². The van der Waals surface area contributed by atoms with E-state index in [1.807, 2.05) is 61.5 Å². The van der Waals surface area contributed by atoms with Crippen LogP contribution < -0.4 is 10.1 Å². The van der Waals surface area contributed by atoms with E-state index in [9.17, 15) is 9.59 Å². The van der Waals surface area contributed by atoms with Crippen LogP contribution in [-0.2, 0) is 29.0 Å². The van der Waals surface area contributed by atoms with Gasteiger partial charge in [-0.25, -0.2) is 0 Å². The summed E-state index contributed by atoms with van der Waals surface area (Å²) in [7, 11) is 1.60. The van der Waals surface area contributed by atoms with Gasteiger partial charge in [0.25, 0.3) is 0 Å². The zero-order valence-corrected chi connectivity index (χ0v) is 21.5. The van der Waals surface area contributed by atoms with Gasteiger partial charge in [-0.05, 0) is 47.4 Å². The van der Waals surface area contributed by atoms with Gasteiger partial charge in [-0.15, -0.1) is 0 Å². The fraction of sp³-hybridized carbons (Fsp3) is 0.286. The molecule has 0 unspecified atom stereocenters. The number of carbonyl (C=O) groups is 2. The molecule has 35 heavy (non-hydrogen) atoms. The first-order valence-corrected chi connectivity index (χ1v) is 12.3. The number of hydrogen-bond donors (Lipinski definition) is 1. The summed E-state index contributed by atoms with van der Waals surface area (Å²) in [6.45, 7) is 2.78. The maximum Gasteiger partial charge on any atom is 0.243 e. The highest BCUT2D eigenvalue weighted by molar-refractivity contribution is 6.35. The van der Waals surface area contributed by atoms with Gasteiger partial charge < -0.3 is 15.0 Å². The molecule has 0 saturated carbocycles. The second-order valence-corrected chi connectivity index (χ2v) is 9.13. The van der Waals surface area contributed by atoms with Gasteiger partial charge in [0.15, 0.2) is 0 Å². The van der Waals surface area contributed by atoms with Crippen molar-refractivity contribution in [3.63, 3.8) is 0 Å². The molecule has 3 aromatic carbocycles. The summed E-state index contributed by atoms with van der Waals surface area (Å²) in [5, 5.41) is 3.90. The molecule has 184 valence electrons. The van der Waals surface area contributed by atoms with E-state index >= 15 is 0 Å². The van der Waals surface area contributed by atoms with Gasteiger partial charge in [-0.3, -0.25) is 9.59 Å². The summed E-state index contributed by atoms with van der Waals surface area (Å²) in [5.74, 6) is 0.296. The van der Waals surface area contributed by atoms with E-state index in [1.54, 1.807) is 30.2 Å². The zero-order chi connectivity index (χ0) is 25.2. The van der Waals surface area contributed by atoms with Crippen molar-refractivity contribution < 1.29 is 14.3 Å². The van der Waals surface area contributed by atoms with Crippen molar-refractivity contribution in [1.29, 1.82) is 0 Å². The topological polar surface area (TPSA) is 58.6 Å². The molecule has 0 aliphatic rings. The van der Waals surface area contributed by atoms with Crippen LogP contribution in [0.2, 0.25) is 10.0 Å². The van der Waals surface area contributed by atoms with Gasteiger partial charge in [-0.1, -0.05) is 78.7 Å². The van der Waals surface area contributed by atoms with Crippen molar-refractivity contribution in [1.82, 2.24) is 10.2 Å². The lowest BCUT2D eigenvalue weighted by Gasteiger charge is -2.32. The molecule has 2 amide bonds. The summed E-state index contributed by atoms with van der Waals surface area (Å²) in [6, 6.07) is 21.6. The molecule has 7 heteroatoms. The molecule has 0 heterocycles. The molecule has 0 aliphatic carbocycles. The molecule has 0 aromatic heterocycles. The van der Waals surface area contributed by atoms with Gasteiger partial charge >= 0.3 is 0 Å². The second-order valence-electron chi connectivity index (χ2n) is 8.28. The highest BCUT2D eigenvalue weighted by atomic mass is 35.5. The quantitative estimate of drug-likeness (QED) is 0.357. The number of ether oxygens (including phenoxy) is 1. The van der Waals surface area contributed by atoms with Crippen LogP contribution in [0.25, 0.3) is 0 Å². The lowest BCUT2D eigenvalue weighted by molar-refractivity contribution is -0.140. The molecule has 3 rings (SSSR count). The number of carbonyl (C=O) groups excluding carboxylic acids is 2. The Morgan fingerprint density at radius 2 is 1.71 bits per heavy atom. The average molecular weight is 513 g/mol. The van der Waals surface area contributed by atoms with Crippen molar-refractivity contribution in [2.24, 2.45) is 0 Å². The Balaban J connectivity index is 1.98. The van der Waals surface area contributed by atoms with Crippen LogP contribution in [0.4, 0.5) is 0 Å². The molecule has 0 bridgehead atoms. The first-order chi connectivity index (χ1) is 16.9. The normalized spacial score (nSPS) is 11.5. The number of nitrogens with one attached hydrogen (secondary N) is 1. The van der Waals surface area contributed by atoms with Gasteiger partial charge in [0.2, 0.25) is 11.8 Å². The minimum Gasteiger partial charge on any atom is -0.497 e. The van der Waals surface area contributed by atoms with Crippen molar-refractivity contribution in [3.05, 3.63) is 99.5 Å². The van der Waals surface area contributed by atoms with Crippen LogP contribution in [0.3, 0.4) is 0 Å².